The number of carbonyl (C=O) groups excluding carboxylic acids is 1. The van der Waals surface area contributed by atoms with Gasteiger partial charge in [-0.3, -0.25) is 14.2 Å². The molecule has 7 nitrogen and oxygen atoms in total. The summed E-state index contributed by atoms with van der Waals surface area (Å²) in [7, 11) is 5.49. The molecule has 0 aliphatic heterocycles. The van der Waals surface area contributed by atoms with Crippen LogP contribution in [0, 0.1) is 10.6 Å². The fourth-order valence-corrected chi connectivity index (χ4v) is 3.81. The van der Waals surface area contributed by atoms with Crippen molar-refractivity contribution in [3.05, 3.63) is 74.5 Å². The van der Waals surface area contributed by atoms with E-state index in [1.165, 1.54) is 16.7 Å². The number of rotatable bonds is 10. The van der Waals surface area contributed by atoms with E-state index >= 15 is 0 Å². The molecule has 0 aliphatic rings. The number of benzene rings is 2. The van der Waals surface area contributed by atoms with Gasteiger partial charge in [0.15, 0.2) is 4.77 Å². The van der Waals surface area contributed by atoms with Gasteiger partial charge in [-0.15, -0.1) is 0 Å². The molecule has 3 rings (SSSR count). The zero-order chi connectivity index (χ0) is 24.0. The molecule has 1 aromatic heterocycles. The molecular formula is C24H29FN4O3S. The van der Waals surface area contributed by atoms with E-state index in [1.54, 1.807) is 42.3 Å². The molecule has 0 spiro atoms. The molecule has 0 atom stereocenters. The van der Waals surface area contributed by atoms with E-state index in [2.05, 4.69) is 4.98 Å². The van der Waals surface area contributed by atoms with E-state index in [0.717, 1.165) is 5.56 Å². The van der Waals surface area contributed by atoms with E-state index in [0.29, 0.717) is 60.4 Å². The third-order valence-electron chi connectivity index (χ3n) is 5.35. The van der Waals surface area contributed by atoms with Crippen LogP contribution in [0.1, 0.15) is 22.3 Å². The number of ether oxygens (including phenoxy) is 1. The standard InChI is InChI=1S/C24H29FN4O3S/c1-27(2)12-13-28(16-17-5-8-19(25)9-6-17)22(30)18-7-10-20-21(15-18)26-24(33)29(23(20)31)11-4-14-32-3/h5-10,15H,4,11-14,16H2,1-3H3,(H,26,33). The van der Waals surface area contributed by atoms with Crippen LogP contribution in [-0.4, -0.2) is 66.2 Å². The molecule has 1 amide bonds. The maximum atomic E-state index is 13.4. The molecule has 0 saturated carbocycles. The molecule has 3 aromatic rings. The lowest BCUT2D eigenvalue weighted by atomic mass is 10.1. The Balaban J connectivity index is 1.91. The highest BCUT2D eigenvalue weighted by molar-refractivity contribution is 7.71. The van der Waals surface area contributed by atoms with Crippen LogP contribution in [0.2, 0.25) is 0 Å². The van der Waals surface area contributed by atoms with Gasteiger partial charge in [0.1, 0.15) is 5.82 Å². The van der Waals surface area contributed by atoms with Crippen molar-refractivity contribution in [2.24, 2.45) is 0 Å². The van der Waals surface area contributed by atoms with Crippen LogP contribution in [0.25, 0.3) is 10.9 Å². The Morgan fingerprint density at radius 3 is 2.55 bits per heavy atom. The van der Waals surface area contributed by atoms with Crippen LogP contribution in [0.15, 0.2) is 47.3 Å². The third-order valence-corrected chi connectivity index (χ3v) is 5.67. The van der Waals surface area contributed by atoms with E-state index in [4.69, 9.17) is 17.0 Å². The molecule has 2 aromatic carbocycles. The van der Waals surface area contributed by atoms with Gasteiger partial charge in [0.05, 0.1) is 10.9 Å². The highest BCUT2D eigenvalue weighted by Gasteiger charge is 2.18. The monoisotopic (exact) mass is 472 g/mol. The number of amides is 1. The van der Waals surface area contributed by atoms with Gasteiger partial charge in [-0.05, 0) is 68.6 Å². The van der Waals surface area contributed by atoms with Gasteiger partial charge in [-0.25, -0.2) is 4.39 Å². The van der Waals surface area contributed by atoms with E-state index in [9.17, 15) is 14.0 Å². The van der Waals surface area contributed by atoms with Crippen molar-refractivity contribution < 1.29 is 13.9 Å². The zero-order valence-corrected chi connectivity index (χ0v) is 20.0. The van der Waals surface area contributed by atoms with Crippen molar-refractivity contribution in [3.8, 4) is 0 Å². The Morgan fingerprint density at radius 1 is 1.15 bits per heavy atom. The predicted octanol–water partition coefficient (Wildman–Crippen LogP) is 3.44. The highest BCUT2D eigenvalue weighted by Crippen LogP contribution is 2.15. The average molecular weight is 473 g/mol. The first-order valence-electron chi connectivity index (χ1n) is 10.7. The number of hydrogen-bond donors (Lipinski definition) is 1. The van der Waals surface area contributed by atoms with Crippen LogP contribution in [0.4, 0.5) is 4.39 Å². The normalized spacial score (nSPS) is 11.3. The van der Waals surface area contributed by atoms with Crippen LogP contribution >= 0.6 is 12.2 Å². The van der Waals surface area contributed by atoms with Crippen molar-refractivity contribution in [3.63, 3.8) is 0 Å². The maximum Gasteiger partial charge on any atom is 0.262 e. The summed E-state index contributed by atoms with van der Waals surface area (Å²) in [6.45, 7) is 2.51. The molecular weight excluding hydrogens is 443 g/mol. The molecule has 1 heterocycles. The molecule has 0 fully saturated rings. The smallest absolute Gasteiger partial charge is 0.262 e. The molecule has 0 saturated heterocycles. The van der Waals surface area contributed by atoms with Gasteiger partial charge >= 0.3 is 0 Å². The Kier molecular flexibility index (Phi) is 8.49. The quantitative estimate of drug-likeness (QED) is 0.362. The van der Waals surface area contributed by atoms with Gasteiger partial charge in [0.2, 0.25) is 0 Å². The Hall–Kier alpha value is -2.88. The van der Waals surface area contributed by atoms with Crippen molar-refractivity contribution in [1.29, 1.82) is 0 Å². The SMILES string of the molecule is COCCCn1c(=S)[nH]c2cc(C(=O)N(CCN(C)C)Cc3ccc(F)cc3)ccc2c1=O. The summed E-state index contributed by atoms with van der Waals surface area (Å²) < 4.78 is 20.2. The van der Waals surface area contributed by atoms with E-state index in [-0.39, 0.29) is 17.3 Å². The van der Waals surface area contributed by atoms with Crippen molar-refractivity contribution in [2.45, 2.75) is 19.5 Å². The summed E-state index contributed by atoms with van der Waals surface area (Å²) in [5.41, 5.74) is 1.61. The number of halogens is 1. The largest absolute Gasteiger partial charge is 0.385 e. The predicted molar refractivity (Wildman–Crippen MR) is 130 cm³/mol. The number of methoxy groups -OCH3 is 1. The topological polar surface area (TPSA) is 70.6 Å². The fraction of sp³-hybridized carbons (Fsp3) is 0.375. The number of likely N-dealkylation sites (N-methyl/N-ethyl adjacent to an activating group) is 1. The summed E-state index contributed by atoms with van der Waals surface area (Å²) in [4.78, 5) is 33.1. The van der Waals surface area contributed by atoms with E-state index < -0.39 is 0 Å². The Bertz CT molecular complexity index is 1220. The number of fused-ring (bicyclic) bond motifs is 1. The molecule has 0 bridgehead atoms. The minimum Gasteiger partial charge on any atom is -0.385 e. The van der Waals surface area contributed by atoms with Gasteiger partial charge in [-0.1, -0.05) is 12.1 Å². The number of aromatic nitrogens is 2. The lowest BCUT2D eigenvalue weighted by molar-refractivity contribution is 0.0732. The summed E-state index contributed by atoms with van der Waals surface area (Å²) in [5.74, 6) is -0.491. The minimum absolute atomic E-state index is 0.174. The number of carbonyl (C=O) groups is 1. The molecule has 0 unspecified atom stereocenters. The van der Waals surface area contributed by atoms with Gasteiger partial charge in [-0.2, -0.15) is 0 Å². The van der Waals surface area contributed by atoms with Gasteiger partial charge in [0, 0.05) is 45.5 Å². The van der Waals surface area contributed by atoms with Crippen LogP contribution in [0.5, 0.6) is 0 Å². The first kappa shape index (κ1) is 24.8. The minimum atomic E-state index is -0.317. The Labute approximate surface area is 197 Å². The van der Waals surface area contributed by atoms with Crippen molar-refractivity contribution in [1.82, 2.24) is 19.4 Å². The maximum absolute atomic E-state index is 13.4. The number of H-pyrrole nitrogens is 1. The van der Waals surface area contributed by atoms with Crippen LogP contribution in [0.3, 0.4) is 0 Å². The fourth-order valence-electron chi connectivity index (χ4n) is 3.52. The second kappa shape index (κ2) is 11.3. The van der Waals surface area contributed by atoms with Crippen molar-refractivity contribution >= 4 is 29.0 Å². The number of hydrogen-bond acceptors (Lipinski definition) is 5. The van der Waals surface area contributed by atoms with Gasteiger partial charge in [0.25, 0.3) is 11.5 Å². The molecule has 33 heavy (non-hydrogen) atoms. The second-order valence-electron chi connectivity index (χ2n) is 8.15. The third kappa shape index (κ3) is 6.34. The van der Waals surface area contributed by atoms with Crippen LogP contribution < -0.4 is 5.56 Å². The summed E-state index contributed by atoms with van der Waals surface area (Å²) >= 11 is 5.38. The molecule has 0 aliphatic carbocycles. The number of aromatic amines is 1. The molecule has 176 valence electrons. The summed E-state index contributed by atoms with van der Waals surface area (Å²) in [6, 6.07) is 11.1. The Morgan fingerprint density at radius 2 is 1.88 bits per heavy atom. The first-order chi connectivity index (χ1) is 15.8. The van der Waals surface area contributed by atoms with Crippen LogP contribution in [-0.2, 0) is 17.8 Å². The second-order valence-corrected chi connectivity index (χ2v) is 8.54. The molecule has 0 radical (unpaired) electrons. The summed E-state index contributed by atoms with van der Waals surface area (Å²) in [5, 5.41) is 0.468. The van der Waals surface area contributed by atoms with E-state index in [1.807, 2.05) is 19.0 Å². The average Bonchev–Trinajstić information content (AvgIpc) is 2.79. The van der Waals surface area contributed by atoms with Gasteiger partial charge < -0.3 is 19.5 Å². The zero-order valence-electron chi connectivity index (χ0n) is 19.1. The summed E-state index contributed by atoms with van der Waals surface area (Å²) in [6.07, 6.45) is 0.667. The lowest BCUT2D eigenvalue weighted by Gasteiger charge is -2.25. The lowest BCUT2D eigenvalue weighted by Crippen LogP contribution is -2.36. The highest BCUT2D eigenvalue weighted by atomic mass is 32.1. The number of nitrogens with one attached hydrogen (secondary N) is 1. The number of nitrogens with zero attached hydrogens (tertiary/aromatic N) is 3. The van der Waals surface area contributed by atoms with Crippen molar-refractivity contribution in [2.75, 3.05) is 40.9 Å². The first-order valence-corrected chi connectivity index (χ1v) is 11.1. The molecule has 1 N–H and O–H groups in total. The molecule has 9 heteroatoms.